The van der Waals surface area contributed by atoms with Crippen LogP contribution in [0.1, 0.15) is 53.4 Å². The van der Waals surface area contributed by atoms with Crippen LogP contribution in [-0.4, -0.2) is 17.7 Å². The van der Waals surface area contributed by atoms with E-state index in [0.29, 0.717) is 0 Å². The van der Waals surface area contributed by atoms with E-state index in [-0.39, 0.29) is 11.2 Å². The fourth-order valence-electron chi connectivity index (χ4n) is 3.62. The molecule has 3 aromatic rings. The Balaban J connectivity index is 1.67. The lowest BCUT2D eigenvalue weighted by atomic mass is 9.78. The number of carbonyl (C=O) groups is 1. The molecule has 0 radical (unpaired) electrons. The second-order valence-electron chi connectivity index (χ2n) is 8.12. The maximum Gasteiger partial charge on any atom is 0.159 e. The summed E-state index contributed by atoms with van der Waals surface area (Å²) in [4.78, 5) is 13.9. The Morgan fingerprint density at radius 3 is 2.04 bits per heavy atom. The third-order valence-corrected chi connectivity index (χ3v) is 5.41. The minimum atomic E-state index is -0.0151. The summed E-state index contributed by atoms with van der Waals surface area (Å²) in [5.74, 6) is 0.112. The average molecular weight is 372 g/mol. The Kier molecular flexibility index (Phi) is 6.11. The lowest BCUT2D eigenvalue weighted by Gasteiger charge is -2.26. The van der Waals surface area contributed by atoms with Gasteiger partial charge in [0.05, 0.1) is 0 Å². The van der Waals surface area contributed by atoms with E-state index in [4.69, 9.17) is 0 Å². The molecule has 0 aromatic heterocycles. The van der Waals surface area contributed by atoms with Crippen molar-refractivity contribution < 1.29 is 4.79 Å². The van der Waals surface area contributed by atoms with Gasteiger partial charge in [0, 0.05) is 24.1 Å². The first-order chi connectivity index (χ1) is 13.4. The summed E-state index contributed by atoms with van der Waals surface area (Å²) >= 11 is 0. The number of nitrogens with zero attached hydrogens (tertiary/aromatic N) is 1. The first kappa shape index (κ1) is 20.0. The molecule has 3 aromatic carbocycles. The Morgan fingerprint density at radius 2 is 1.39 bits per heavy atom. The topological polar surface area (TPSA) is 20.3 Å². The van der Waals surface area contributed by atoms with Crippen LogP contribution in [0.25, 0.3) is 0 Å². The molecule has 28 heavy (non-hydrogen) atoms. The van der Waals surface area contributed by atoms with E-state index in [1.54, 1.807) is 6.92 Å². The minimum Gasteiger partial charge on any atom is -0.298 e. The smallest absolute Gasteiger partial charge is 0.159 e. The highest BCUT2D eigenvalue weighted by Crippen LogP contribution is 2.31. The van der Waals surface area contributed by atoms with E-state index < -0.39 is 0 Å². The van der Waals surface area contributed by atoms with Crippen molar-refractivity contribution in [2.45, 2.75) is 39.3 Å². The van der Waals surface area contributed by atoms with E-state index in [1.165, 1.54) is 16.7 Å². The van der Waals surface area contributed by atoms with Gasteiger partial charge in [-0.2, -0.15) is 0 Å². The average Bonchev–Trinajstić information content (AvgIpc) is 2.69. The number of benzene rings is 3. The Hall–Kier alpha value is -2.71. The largest absolute Gasteiger partial charge is 0.298 e. The Bertz CT molecular complexity index is 926. The molecular formula is C26H29NO. The summed E-state index contributed by atoms with van der Waals surface area (Å²) in [6.07, 6.45) is 0. The summed E-state index contributed by atoms with van der Waals surface area (Å²) < 4.78 is 0. The lowest BCUT2D eigenvalue weighted by Crippen LogP contribution is -2.20. The van der Waals surface area contributed by atoms with Crippen molar-refractivity contribution in [1.82, 2.24) is 4.90 Å². The molecule has 2 nitrogen and oxygen atoms in total. The second-order valence-corrected chi connectivity index (χ2v) is 8.12. The van der Waals surface area contributed by atoms with Crippen molar-refractivity contribution in [2.75, 3.05) is 7.05 Å². The van der Waals surface area contributed by atoms with Crippen LogP contribution < -0.4 is 0 Å². The highest BCUT2D eigenvalue weighted by Gasteiger charge is 2.22. The van der Waals surface area contributed by atoms with Gasteiger partial charge in [-0.05, 0) is 42.3 Å². The molecule has 0 fully saturated rings. The standard InChI is InChI=1S/C26H29NO/c1-20(28)23-10-8-9-22(17-23)19-27(4)18-21-13-15-25(16-14-21)26(2,3)24-11-6-5-7-12-24/h5-17H,18-19H2,1-4H3. The minimum absolute atomic E-state index is 0.0151. The van der Waals surface area contributed by atoms with Gasteiger partial charge in [-0.25, -0.2) is 0 Å². The zero-order valence-electron chi connectivity index (χ0n) is 17.3. The van der Waals surface area contributed by atoms with Crippen LogP contribution in [-0.2, 0) is 18.5 Å². The molecule has 0 saturated carbocycles. The Labute approximate surface area is 168 Å². The SMILES string of the molecule is CC(=O)c1cccc(CN(C)Cc2ccc(C(C)(C)c3ccccc3)cc2)c1. The molecule has 0 heterocycles. The molecule has 0 aliphatic carbocycles. The molecular weight excluding hydrogens is 342 g/mol. The summed E-state index contributed by atoms with van der Waals surface area (Å²) in [6, 6.07) is 27.5. The van der Waals surface area contributed by atoms with Crippen LogP contribution in [0, 0.1) is 0 Å². The van der Waals surface area contributed by atoms with Crippen LogP contribution in [0.2, 0.25) is 0 Å². The number of rotatable bonds is 7. The van der Waals surface area contributed by atoms with E-state index in [9.17, 15) is 4.79 Å². The fraction of sp³-hybridized carbons (Fsp3) is 0.269. The van der Waals surface area contributed by atoms with Gasteiger partial charge in [0.1, 0.15) is 0 Å². The molecule has 0 amide bonds. The molecule has 0 N–H and O–H groups in total. The van der Waals surface area contributed by atoms with E-state index in [0.717, 1.165) is 24.2 Å². The molecule has 0 spiro atoms. The van der Waals surface area contributed by atoms with E-state index >= 15 is 0 Å². The number of Topliss-reactive ketones (excluding diaryl/α,β-unsaturated/α-hetero) is 1. The summed E-state index contributed by atoms with van der Waals surface area (Å²) in [6.45, 7) is 7.84. The molecule has 2 heteroatoms. The monoisotopic (exact) mass is 371 g/mol. The van der Waals surface area contributed by atoms with E-state index in [2.05, 4.69) is 86.5 Å². The van der Waals surface area contributed by atoms with Crippen LogP contribution in [0.4, 0.5) is 0 Å². The van der Waals surface area contributed by atoms with Crippen LogP contribution >= 0.6 is 0 Å². The quantitative estimate of drug-likeness (QED) is 0.486. The zero-order valence-corrected chi connectivity index (χ0v) is 17.3. The summed E-state index contributed by atoms with van der Waals surface area (Å²) in [5, 5.41) is 0. The number of hydrogen-bond donors (Lipinski definition) is 0. The van der Waals surface area contributed by atoms with Crippen molar-refractivity contribution in [3.8, 4) is 0 Å². The van der Waals surface area contributed by atoms with Gasteiger partial charge >= 0.3 is 0 Å². The van der Waals surface area contributed by atoms with Crippen molar-refractivity contribution in [3.63, 3.8) is 0 Å². The maximum absolute atomic E-state index is 11.6. The third kappa shape index (κ3) is 4.76. The normalized spacial score (nSPS) is 11.6. The van der Waals surface area contributed by atoms with Crippen LogP contribution in [0.5, 0.6) is 0 Å². The molecule has 0 unspecified atom stereocenters. The maximum atomic E-state index is 11.6. The molecule has 0 bridgehead atoms. The fourth-order valence-corrected chi connectivity index (χ4v) is 3.62. The first-order valence-electron chi connectivity index (χ1n) is 9.79. The summed E-state index contributed by atoms with van der Waals surface area (Å²) in [7, 11) is 2.11. The predicted octanol–water partition coefficient (Wildman–Crippen LogP) is 5.85. The van der Waals surface area contributed by atoms with Crippen molar-refractivity contribution >= 4 is 5.78 Å². The third-order valence-electron chi connectivity index (χ3n) is 5.41. The highest BCUT2D eigenvalue weighted by molar-refractivity contribution is 5.94. The van der Waals surface area contributed by atoms with Gasteiger partial charge in [0.15, 0.2) is 5.78 Å². The molecule has 0 aliphatic heterocycles. The zero-order chi connectivity index (χ0) is 20.1. The molecule has 3 rings (SSSR count). The van der Waals surface area contributed by atoms with Crippen molar-refractivity contribution in [1.29, 1.82) is 0 Å². The number of ketones is 1. The predicted molar refractivity (Wildman–Crippen MR) is 117 cm³/mol. The van der Waals surface area contributed by atoms with Gasteiger partial charge in [-0.1, -0.05) is 86.6 Å². The molecule has 0 atom stereocenters. The lowest BCUT2D eigenvalue weighted by molar-refractivity contribution is 0.101. The first-order valence-corrected chi connectivity index (χ1v) is 9.79. The number of carbonyl (C=O) groups excluding carboxylic acids is 1. The van der Waals surface area contributed by atoms with Gasteiger partial charge in [-0.3, -0.25) is 9.69 Å². The molecule has 144 valence electrons. The Morgan fingerprint density at radius 1 is 0.786 bits per heavy atom. The van der Waals surface area contributed by atoms with Gasteiger partial charge in [0.25, 0.3) is 0 Å². The van der Waals surface area contributed by atoms with Gasteiger partial charge in [-0.15, -0.1) is 0 Å². The van der Waals surface area contributed by atoms with Gasteiger partial charge < -0.3 is 0 Å². The van der Waals surface area contributed by atoms with Crippen molar-refractivity contribution in [2.24, 2.45) is 0 Å². The van der Waals surface area contributed by atoms with E-state index in [1.807, 2.05) is 18.2 Å². The summed E-state index contributed by atoms with van der Waals surface area (Å²) in [5.41, 5.74) is 5.86. The van der Waals surface area contributed by atoms with Gasteiger partial charge in [0.2, 0.25) is 0 Å². The highest BCUT2D eigenvalue weighted by atomic mass is 16.1. The number of hydrogen-bond acceptors (Lipinski definition) is 2. The van der Waals surface area contributed by atoms with Crippen molar-refractivity contribution in [3.05, 3.63) is 107 Å². The molecule has 0 aliphatic rings. The van der Waals surface area contributed by atoms with Crippen LogP contribution in [0.15, 0.2) is 78.9 Å². The molecule has 0 saturated heterocycles. The second kappa shape index (κ2) is 8.53. The van der Waals surface area contributed by atoms with Crippen LogP contribution in [0.3, 0.4) is 0 Å².